The molecule has 5 nitrogen and oxygen atoms in total. The lowest BCUT2D eigenvalue weighted by molar-refractivity contribution is -0.0166. The standard InChI is InChI=1S/C31H33FN2O3/c1-34(16-5-4-8-24-9-6-12-29-30(24)36-19-18-35-29)17-7-15-31(27-10-2-3-11-28(27)32)26-14-13-23(21-33)20-25(26)22-37-31/h2-3,6,9-14,20H,4-5,7-8,15-19,22H2,1H3. The third-order valence-electron chi connectivity index (χ3n) is 7.40. The lowest BCUT2D eigenvalue weighted by Crippen LogP contribution is -2.30. The summed E-state index contributed by atoms with van der Waals surface area (Å²) in [7, 11) is 2.14. The number of hydrogen-bond acceptors (Lipinski definition) is 5. The lowest BCUT2D eigenvalue weighted by atomic mass is 9.81. The van der Waals surface area contributed by atoms with Gasteiger partial charge in [-0.1, -0.05) is 36.4 Å². The third kappa shape index (κ3) is 5.34. The van der Waals surface area contributed by atoms with Crippen LogP contribution in [0.4, 0.5) is 4.39 Å². The number of halogens is 1. The molecule has 0 fully saturated rings. The van der Waals surface area contributed by atoms with Gasteiger partial charge in [-0.3, -0.25) is 0 Å². The van der Waals surface area contributed by atoms with E-state index in [9.17, 15) is 5.26 Å². The van der Waals surface area contributed by atoms with Gasteiger partial charge in [-0.25, -0.2) is 4.39 Å². The molecule has 2 aliphatic rings. The van der Waals surface area contributed by atoms with Gasteiger partial charge < -0.3 is 19.1 Å². The summed E-state index contributed by atoms with van der Waals surface area (Å²) >= 11 is 0. The van der Waals surface area contributed by atoms with Crippen molar-refractivity contribution in [3.8, 4) is 17.6 Å². The van der Waals surface area contributed by atoms with E-state index < -0.39 is 5.60 Å². The average Bonchev–Trinajstić information content (AvgIpc) is 3.30. The Balaban J connectivity index is 1.18. The van der Waals surface area contributed by atoms with Gasteiger partial charge in [0.1, 0.15) is 24.6 Å². The summed E-state index contributed by atoms with van der Waals surface area (Å²) in [6.07, 6.45) is 4.65. The second-order valence-corrected chi connectivity index (χ2v) is 9.88. The van der Waals surface area contributed by atoms with Crippen LogP contribution >= 0.6 is 0 Å². The zero-order chi connectivity index (χ0) is 25.7. The molecule has 3 aromatic carbocycles. The summed E-state index contributed by atoms with van der Waals surface area (Å²) in [5.41, 5.74) is 3.48. The third-order valence-corrected chi connectivity index (χ3v) is 7.40. The van der Waals surface area contributed by atoms with Gasteiger partial charge in [-0.15, -0.1) is 0 Å². The number of fused-ring (bicyclic) bond motifs is 2. The Hall–Kier alpha value is -3.40. The molecule has 0 saturated heterocycles. The molecule has 0 aliphatic carbocycles. The smallest absolute Gasteiger partial charge is 0.164 e. The monoisotopic (exact) mass is 500 g/mol. The molecule has 2 aliphatic heterocycles. The van der Waals surface area contributed by atoms with Crippen molar-refractivity contribution < 1.29 is 18.6 Å². The Labute approximate surface area is 218 Å². The molecular weight excluding hydrogens is 467 g/mol. The van der Waals surface area contributed by atoms with Crippen molar-refractivity contribution >= 4 is 0 Å². The number of para-hydroxylation sites is 1. The van der Waals surface area contributed by atoms with Gasteiger partial charge in [0, 0.05) is 5.56 Å². The number of nitrogens with zero attached hydrogens (tertiary/aromatic N) is 2. The van der Waals surface area contributed by atoms with E-state index in [1.807, 2.05) is 36.4 Å². The quantitative estimate of drug-likeness (QED) is 0.321. The first-order valence-electron chi connectivity index (χ1n) is 13.1. The molecule has 6 heteroatoms. The van der Waals surface area contributed by atoms with Crippen LogP contribution in [-0.2, 0) is 23.4 Å². The number of aryl methyl sites for hydroxylation is 1. The van der Waals surface area contributed by atoms with Gasteiger partial charge in [0.05, 0.1) is 18.2 Å². The minimum atomic E-state index is -0.829. The minimum absolute atomic E-state index is 0.259. The highest BCUT2D eigenvalue weighted by molar-refractivity contribution is 5.49. The fourth-order valence-corrected chi connectivity index (χ4v) is 5.55. The molecule has 3 aromatic rings. The highest BCUT2D eigenvalue weighted by Gasteiger charge is 2.43. The molecular formula is C31H33FN2O3. The molecule has 0 radical (unpaired) electrons. The summed E-state index contributed by atoms with van der Waals surface area (Å²) in [5.74, 6) is 1.49. The normalized spacial score (nSPS) is 18.0. The first kappa shape index (κ1) is 25.3. The zero-order valence-corrected chi connectivity index (χ0v) is 21.3. The van der Waals surface area contributed by atoms with Crippen LogP contribution < -0.4 is 9.47 Å². The van der Waals surface area contributed by atoms with Crippen molar-refractivity contribution in [2.24, 2.45) is 0 Å². The fraction of sp³-hybridized carbons (Fsp3) is 0.387. The van der Waals surface area contributed by atoms with Gasteiger partial charge in [0.25, 0.3) is 0 Å². The summed E-state index contributed by atoms with van der Waals surface area (Å²) < 4.78 is 32.9. The van der Waals surface area contributed by atoms with Crippen molar-refractivity contribution in [2.45, 2.75) is 44.3 Å². The Bertz CT molecular complexity index is 1290. The molecule has 0 aromatic heterocycles. The van der Waals surface area contributed by atoms with E-state index in [0.29, 0.717) is 37.4 Å². The summed E-state index contributed by atoms with van der Waals surface area (Å²) in [6, 6.07) is 20.8. The summed E-state index contributed by atoms with van der Waals surface area (Å²) in [6.45, 7) is 3.48. The van der Waals surface area contributed by atoms with Crippen LogP contribution in [0.15, 0.2) is 60.7 Å². The van der Waals surface area contributed by atoms with E-state index in [-0.39, 0.29) is 5.82 Å². The van der Waals surface area contributed by atoms with Crippen molar-refractivity contribution in [3.05, 3.63) is 94.3 Å². The van der Waals surface area contributed by atoms with E-state index in [1.165, 1.54) is 11.6 Å². The van der Waals surface area contributed by atoms with Gasteiger partial charge in [0.15, 0.2) is 11.5 Å². The highest BCUT2D eigenvalue weighted by Crippen LogP contribution is 2.46. The maximum absolute atomic E-state index is 15.0. The number of hydrogen-bond donors (Lipinski definition) is 0. The molecule has 0 saturated carbocycles. The second kappa shape index (κ2) is 11.3. The summed E-state index contributed by atoms with van der Waals surface area (Å²) in [5, 5.41) is 9.30. The molecule has 2 heterocycles. The molecule has 1 unspecified atom stereocenters. The van der Waals surface area contributed by atoms with Crippen LogP contribution in [0.2, 0.25) is 0 Å². The topological polar surface area (TPSA) is 54.7 Å². The predicted molar refractivity (Wildman–Crippen MR) is 140 cm³/mol. The maximum Gasteiger partial charge on any atom is 0.164 e. The van der Waals surface area contributed by atoms with Crippen LogP contribution in [0.3, 0.4) is 0 Å². The molecule has 0 bridgehead atoms. The molecule has 1 atom stereocenters. The van der Waals surface area contributed by atoms with E-state index in [0.717, 1.165) is 61.4 Å². The largest absolute Gasteiger partial charge is 0.486 e. The Morgan fingerprint density at radius 1 is 0.946 bits per heavy atom. The molecule has 0 spiro atoms. The van der Waals surface area contributed by atoms with E-state index in [2.05, 4.69) is 24.1 Å². The SMILES string of the molecule is CN(CCCCc1cccc2c1OCCO2)CCCC1(c2ccccc2F)OCc2cc(C#N)ccc21. The Morgan fingerprint density at radius 2 is 1.78 bits per heavy atom. The van der Waals surface area contributed by atoms with Gasteiger partial charge in [0.2, 0.25) is 0 Å². The molecule has 0 amide bonds. The van der Waals surface area contributed by atoms with Crippen molar-refractivity contribution in [1.29, 1.82) is 5.26 Å². The number of ether oxygens (including phenoxy) is 3. The van der Waals surface area contributed by atoms with Crippen LogP contribution in [0, 0.1) is 17.1 Å². The van der Waals surface area contributed by atoms with Crippen LogP contribution in [0.1, 0.15) is 53.5 Å². The second-order valence-electron chi connectivity index (χ2n) is 9.88. The van der Waals surface area contributed by atoms with Gasteiger partial charge >= 0.3 is 0 Å². The van der Waals surface area contributed by atoms with E-state index >= 15 is 4.39 Å². The number of unbranched alkanes of at least 4 members (excludes halogenated alkanes) is 1. The van der Waals surface area contributed by atoms with Crippen LogP contribution in [0.5, 0.6) is 11.5 Å². The zero-order valence-electron chi connectivity index (χ0n) is 21.3. The van der Waals surface area contributed by atoms with Crippen molar-refractivity contribution in [2.75, 3.05) is 33.4 Å². The lowest BCUT2D eigenvalue weighted by Gasteiger charge is -2.31. The molecule has 192 valence electrons. The van der Waals surface area contributed by atoms with E-state index in [4.69, 9.17) is 14.2 Å². The minimum Gasteiger partial charge on any atom is -0.486 e. The Kier molecular flexibility index (Phi) is 7.73. The highest BCUT2D eigenvalue weighted by atomic mass is 19.1. The molecule has 0 N–H and O–H groups in total. The van der Waals surface area contributed by atoms with Gasteiger partial charge in [-0.05, 0) is 93.2 Å². The predicted octanol–water partition coefficient (Wildman–Crippen LogP) is 5.98. The number of nitriles is 1. The molecule has 5 rings (SSSR count). The first-order chi connectivity index (χ1) is 18.1. The fourth-order valence-electron chi connectivity index (χ4n) is 5.55. The van der Waals surface area contributed by atoms with Crippen LogP contribution in [0.25, 0.3) is 0 Å². The maximum atomic E-state index is 15.0. The van der Waals surface area contributed by atoms with Gasteiger partial charge in [-0.2, -0.15) is 5.26 Å². The van der Waals surface area contributed by atoms with Crippen molar-refractivity contribution in [3.63, 3.8) is 0 Å². The first-order valence-corrected chi connectivity index (χ1v) is 13.1. The molecule has 37 heavy (non-hydrogen) atoms. The average molecular weight is 501 g/mol. The number of rotatable bonds is 10. The van der Waals surface area contributed by atoms with Crippen molar-refractivity contribution in [1.82, 2.24) is 4.90 Å². The number of benzene rings is 3. The van der Waals surface area contributed by atoms with Crippen LogP contribution in [-0.4, -0.2) is 38.3 Å². The summed E-state index contributed by atoms with van der Waals surface area (Å²) in [4.78, 5) is 2.34. The van der Waals surface area contributed by atoms with E-state index in [1.54, 1.807) is 12.1 Å². The Morgan fingerprint density at radius 3 is 2.65 bits per heavy atom.